The molecule has 13 heavy (non-hydrogen) atoms. The molecule has 1 aromatic rings. The normalized spacial score (nSPS) is 20.7. The number of aromatic nitrogens is 1. The van der Waals surface area contributed by atoms with Crippen molar-refractivity contribution >= 4 is 23.4 Å². The molecule has 0 radical (unpaired) electrons. The molecule has 1 aliphatic rings. The topological polar surface area (TPSA) is 42.0 Å². The number of anilines is 1. The highest BCUT2D eigenvalue weighted by molar-refractivity contribution is 8.01. The van der Waals surface area contributed by atoms with Crippen LogP contribution in [0.1, 0.15) is 13.3 Å². The molecule has 4 heteroatoms. The van der Waals surface area contributed by atoms with Gasteiger partial charge in [0.25, 0.3) is 0 Å². The number of carbonyl (C=O) groups is 1. The highest BCUT2D eigenvalue weighted by Crippen LogP contribution is 2.35. The summed E-state index contributed by atoms with van der Waals surface area (Å²) in [6, 6.07) is 1.93. The van der Waals surface area contributed by atoms with Gasteiger partial charge in [-0.25, -0.2) is 0 Å². The number of carbonyl (C=O) groups excluding carboxylic acids is 1. The first-order chi connectivity index (χ1) is 6.31. The second-order valence-electron chi connectivity index (χ2n) is 2.88. The van der Waals surface area contributed by atoms with Gasteiger partial charge in [-0.05, 0) is 12.5 Å². The molecule has 0 saturated carbocycles. The van der Waals surface area contributed by atoms with Crippen LogP contribution in [0.3, 0.4) is 0 Å². The van der Waals surface area contributed by atoms with Gasteiger partial charge in [0.1, 0.15) is 0 Å². The Morgan fingerprint density at radius 1 is 1.69 bits per heavy atom. The van der Waals surface area contributed by atoms with Crippen molar-refractivity contribution in [1.82, 2.24) is 4.98 Å². The summed E-state index contributed by atoms with van der Waals surface area (Å²) in [5.41, 5.74) is 0.835. The lowest BCUT2D eigenvalue weighted by Gasteiger charge is -2.22. The lowest BCUT2D eigenvalue weighted by Crippen LogP contribution is -2.28. The van der Waals surface area contributed by atoms with Crippen LogP contribution in [-0.4, -0.2) is 16.1 Å². The number of nitrogens with one attached hydrogen (secondary N) is 1. The van der Waals surface area contributed by atoms with E-state index in [1.54, 1.807) is 24.2 Å². The maximum atomic E-state index is 11.4. The third kappa shape index (κ3) is 1.54. The van der Waals surface area contributed by atoms with Crippen LogP contribution < -0.4 is 5.32 Å². The number of rotatable bonds is 1. The second kappa shape index (κ2) is 3.38. The molecule has 1 unspecified atom stereocenters. The number of nitrogens with zero attached hydrogens (tertiary/aromatic N) is 1. The minimum atomic E-state index is 0.0508. The van der Waals surface area contributed by atoms with Crippen LogP contribution in [0.15, 0.2) is 23.4 Å². The molecule has 1 amide bonds. The van der Waals surface area contributed by atoms with E-state index in [-0.39, 0.29) is 11.2 Å². The van der Waals surface area contributed by atoms with Crippen LogP contribution in [0, 0.1) is 0 Å². The summed E-state index contributed by atoms with van der Waals surface area (Å²) < 4.78 is 0. The minimum absolute atomic E-state index is 0.0508. The van der Waals surface area contributed by atoms with Crippen LogP contribution >= 0.6 is 11.8 Å². The van der Waals surface area contributed by atoms with E-state index < -0.39 is 0 Å². The van der Waals surface area contributed by atoms with Gasteiger partial charge in [0, 0.05) is 11.1 Å². The Hall–Kier alpha value is -1.03. The third-order valence-electron chi connectivity index (χ3n) is 1.97. The third-order valence-corrected chi connectivity index (χ3v) is 3.41. The first kappa shape index (κ1) is 8.56. The summed E-state index contributed by atoms with van der Waals surface area (Å²) in [5.74, 6) is 0.0907. The summed E-state index contributed by atoms with van der Waals surface area (Å²) in [5, 5.41) is 2.89. The maximum Gasteiger partial charge on any atom is 0.237 e. The molecule has 0 aliphatic carbocycles. The van der Waals surface area contributed by atoms with Crippen molar-refractivity contribution in [3.8, 4) is 0 Å². The first-order valence-electron chi connectivity index (χ1n) is 4.23. The number of hydrogen-bond donors (Lipinski definition) is 1. The molecule has 68 valence electrons. The van der Waals surface area contributed by atoms with Crippen LogP contribution in [0.25, 0.3) is 0 Å². The Bertz CT molecular complexity index is 340. The van der Waals surface area contributed by atoms with Gasteiger partial charge in [0.05, 0.1) is 17.1 Å². The zero-order valence-electron chi connectivity index (χ0n) is 7.28. The van der Waals surface area contributed by atoms with Crippen molar-refractivity contribution in [2.45, 2.75) is 23.5 Å². The predicted octanol–water partition coefficient (Wildman–Crippen LogP) is 1.90. The van der Waals surface area contributed by atoms with Crippen LogP contribution in [0.4, 0.5) is 5.69 Å². The fourth-order valence-electron chi connectivity index (χ4n) is 1.27. The fourth-order valence-corrected chi connectivity index (χ4v) is 2.28. The molecule has 2 heterocycles. The van der Waals surface area contributed by atoms with Gasteiger partial charge in [-0.3, -0.25) is 9.78 Å². The number of pyridine rings is 1. The van der Waals surface area contributed by atoms with E-state index in [9.17, 15) is 4.79 Å². The van der Waals surface area contributed by atoms with Crippen LogP contribution in [0.5, 0.6) is 0 Å². The number of thioether (sulfide) groups is 1. The Kier molecular flexibility index (Phi) is 2.22. The minimum Gasteiger partial charge on any atom is -0.323 e. The van der Waals surface area contributed by atoms with Crippen molar-refractivity contribution in [1.29, 1.82) is 0 Å². The van der Waals surface area contributed by atoms with E-state index in [1.165, 1.54) is 0 Å². The van der Waals surface area contributed by atoms with Gasteiger partial charge in [-0.2, -0.15) is 0 Å². The van der Waals surface area contributed by atoms with Gasteiger partial charge in [0.15, 0.2) is 0 Å². The van der Waals surface area contributed by atoms with Gasteiger partial charge in [-0.15, -0.1) is 11.8 Å². The largest absolute Gasteiger partial charge is 0.323 e. The molecule has 2 rings (SSSR count). The van der Waals surface area contributed by atoms with Gasteiger partial charge in [-0.1, -0.05) is 6.92 Å². The van der Waals surface area contributed by atoms with Crippen molar-refractivity contribution in [3.05, 3.63) is 18.5 Å². The van der Waals surface area contributed by atoms with Crippen LogP contribution in [0.2, 0.25) is 0 Å². The Balaban J connectivity index is 2.33. The van der Waals surface area contributed by atoms with Crippen molar-refractivity contribution in [2.24, 2.45) is 0 Å². The Morgan fingerprint density at radius 3 is 3.31 bits per heavy atom. The quantitative estimate of drug-likeness (QED) is 0.742. The van der Waals surface area contributed by atoms with E-state index >= 15 is 0 Å². The smallest absolute Gasteiger partial charge is 0.237 e. The SMILES string of the molecule is CCC1Sc2ccncc2NC1=O. The summed E-state index contributed by atoms with van der Waals surface area (Å²) in [7, 11) is 0. The predicted molar refractivity (Wildman–Crippen MR) is 52.8 cm³/mol. The molecule has 1 atom stereocenters. The number of amides is 1. The molecule has 0 fully saturated rings. The fraction of sp³-hybridized carbons (Fsp3) is 0.333. The summed E-state index contributed by atoms with van der Waals surface area (Å²) >= 11 is 1.61. The molecule has 1 aliphatic heterocycles. The van der Waals surface area contributed by atoms with Gasteiger partial charge >= 0.3 is 0 Å². The van der Waals surface area contributed by atoms with Crippen molar-refractivity contribution in [2.75, 3.05) is 5.32 Å². The number of hydrogen-bond acceptors (Lipinski definition) is 3. The summed E-state index contributed by atoms with van der Waals surface area (Å²) in [6.45, 7) is 2.02. The monoisotopic (exact) mass is 194 g/mol. The molecular weight excluding hydrogens is 184 g/mol. The Morgan fingerprint density at radius 2 is 2.54 bits per heavy atom. The molecule has 1 aromatic heterocycles. The molecule has 0 saturated heterocycles. The first-order valence-corrected chi connectivity index (χ1v) is 5.10. The molecule has 0 bridgehead atoms. The maximum absolute atomic E-state index is 11.4. The Labute approximate surface area is 80.9 Å². The highest BCUT2D eigenvalue weighted by atomic mass is 32.2. The molecule has 1 N–H and O–H groups in total. The average molecular weight is 194 g/mol. The van der Waals surface area contributed by atoms with Crippen LogP contribution in [-0.2, 0) is 4.79 Å². The molecule has 0 aromatic carbocycles. The highest BCUT2D eigenvalue weighted by Gasteiger charge is 2.24. The zero-order chi connectivity index (χ0) is 9.26. The molecule has 0 spiro atoms. The molecular formula is C9H10N2OS. The van der Waals surface area contributed by atoms with Crippen molar-refractivity contribution in [3.63, 3.8) is 0 Å². The zero-order valence-corrected chi connectivity index (χ0v) is 8.10. The van der Waals surface area contributed by atoms with E-state index in [0.29, 0.717) is 0 Å². The van der Waals surface area contributed by atoms with E-state index in [0.717, 1.165) is 17.0 Å². The standard InChI is InChI=1S/C9H10N2OS/c1-2-7-9(12)11-6-5-10-4-3-8(6)13-7/h3-5,7H,2H2,1H3,(H,11,12). The van der Waals surface area contributed by atoms with E-state index in [4.69, 9.17) is 0 Å². The van der Waals surface area contributed by atoms with Gasteiger partial charge < -0.3 is 5.32 Å². The van der Waals surface area contributed by atoms with E-state index in [1.807, 2.05) is 13.0 Å². The van der Waals surface area contributed by atoms with Crippen molar-refractivity contribution < 1.29 is 4.79 Å². The van der Waals surface area contributed by atoms with E-state index in [2.05, 4.69) is 10.3 Å². The average Bonchev–Trinajstić information content (AvgIpc) is 2.17. The van der Waals surface area contributed by atoms with Gasteiger partial charge in [0.2, 0.25) is 5.91 Å². The molecule has 3 nitrogen and oxygen atoms in total. The number of fused-ring (bicyclic) bond motifs is 1. The second-order valence-corrected chi connectivity index (χ2v) is 4.12. The lowest BCUT2D eigenvalue weighted by atomic mass is 10.3. The lowest BCUT2D eigenvalue weighted by molar-refractivity contribution is -0.115. The summed E-state index contributed by atoms with van der Waals surface area (Å²) in [6.07, 6.45) is 4.29. The summed E-state index contributed by atoms with van der Waals surface area (Å²) in [4.78, 5) is 16.5.